The van der Waals surface area contributed by atoms with E-state index in [9.17, 15) is 8.42 Å². The molecule has 0 aliphatic carbocycles. The molecule has 1 aromatic carbocycles. The first-order valence-electron chi connectivity index (χ1n) is 9.34. The van der Waals surface area contributed by atoms with Crippen molar-refractivity contribution in [3.8, 4) is 5.75 Å². The number of para-hydroxylation sites is 1. The Labute approximate surface area is 165 Å². The maximum atomic E-state index is 12.9. The topological polar surface area (TPSA) is 49.9 Å². The van der Waals surface area contributed by atoms with Gasteiger partial charge in [-0.3, -0.25) is 4.90 Å². The van der Waals surface area contributed by atoms with Gasteiger partial charge >= 0.3 is 0 Å². The Bertz CT molecular complexity index is 915. The summed E-state index contributed by atoms with van der Waals surface area (Å²) in [6, 6.07) is 11.3. The van der Waals surface area contributed by atoms with E-state index in [-0.39, 0.29) is 10.3 Å². The predicted molar refractivity (Wildman–Crippen MR) is 108 cm³/mol. The van der Waals surface area contributed by atoms with Crippen LogP contribution in [0.4, 0.5) is 0 Å². The second kappa shape index (κ2) is 7.20. The van der Waals surface area contributed by atoms with Gasteiger partial charge in [0.25, 0.3) is 0 Å². The zero-order valence-electron chi connectivity index (χ0n) is 15.8. The van der Waals surface area contributed by atoms with Gasteiger partial charge in [-0.2, -0.15) is 0 Å². The summed E-state index contributed by atoms with van der Waals surface area (Å²) in [7, 11) is -1.82. The van der Waals surface area contributed by atoms with E-state index < -0.39 is 10.0 Å². The number of ether oxygens (including phenoxy) is 1. The van der Waals surface area contributed by atoms with Crippen molar-refractivity contribution in [2.45, 2.75) is 31.2 Å². The third kappa shape index (κ3) is 3.78. The summed E-state index contributed by atoms with van der Waals surface area (Å²) in [6.45, 7) is 6.13. The number of aryl methyl sites for hydroxylation is 1. The number of rotatable bonds is 2. The minimum atomic E-state index is -3.52. The van der Waals surface area contributed by atoms with Crippen LogP contribution in [0.5, 0.6) is 5.75 Å². The largest absolute Gasteiger partial charge is 0.492 e. The van der Waals surface area contributed by atoms with Crippen molar-refractivity contribution in [2.24, 2.45) is 5.41 Å². The second-order valence-electron chi connectivity index (χ2n) is 7.78. The summed E-state index contributed by atoms with van der Waals surface area (Å²) < 4.78 is 33.5. The summed E-state index contributed by atoms with van der Waals surface area (Å²) in [6.07, 6.45) is 1.89. The Kier molecular flexibility index (Phi) is 5.05. The quantitative estimate of drug-likeness (QED) is 0.767. The van der Waals surface area contributed by atoms with Crippen molar-refractivity contribution < 1.29 is 13.2 Å². The minimum Gasteiger partial charge on any atom is -0.492 e. The third-order valence-electron chi connectivity index (χ3n) is 5.72. The molecule has 3 heterocycles. The van der Waals surface area contributed by atoms with Gasteiger partial charge in [-0.25, -0.2) is 12.7 Å². The molecule has 7 heteroatoms. The van der Waals surface area contributed by atoms with E-state index in [0.717, 1.165) is 32.5 Å². The highest BCUT2D eigenvalue weighted by Crippen LogP contribution is 2.39. The maximum absolute atomic E-state index is 12.9. The molecular weight excluding hydrogens is 380 g/mol. The van der Waals surface area contributed by atoms with Gasteiger partial charge in [-0.15, -0.1) is 11.3 Å². The Morgan fingerprint density at radius 3 is 2.59 bits per heavy atom. The highest BCUT2D eigenvalue weighted by atomic mass is 32.2. The molecule has 0 amide bonds. The molecule has 0 saturated carbocycles. The Balaban J connectivity index is 1.50. The number of nitrogens with zero attached hydrogens (tertiary/aromatic N) is 2. The molecule has 1 aromatic heterocycles. The number of hydrogen-bond donors (Lipinski definition) is 0. The molecule has 0 bridgehead atoms. The number of fused-ring (bicyclic) bond motifs is 1. The van der Waals surface area contributed by atoms with E-state index in [1.165, 1.54) is 14.1 Å². The summed E-state index contributed by atoms with van der Waals surface area (Å²) in [5.74, 6) is 0.472. The summed E-state index contributed by atoms with van der Waals surface area (Å²) in [5.41, 5.74) is -0.128. The highest BCUT2D eigenvalue weighted by Gasteiger charge is 2.41. The molecular formula is C20H26N2O3S2. The molecule has 1 spiro atoms. The molecule has 1 saturated heterocycles. The molecule has 2 aliphatic heterocycles. The monoisotopic (exact) mass is 406 g/mol. The van der Waals surface area contributed by atoms with Crippen LogP contribution >= 0.6 is 11.3 Å². The zero-order chi connectivity index (χ0) is 19.1. The van der Waals surface area contributed by atoms with Crippen molar-refractivity contribution in [1.29, 1.82) is 0 Å². The van der Waals surface area contributed by atoms with Crippen LogP contribution in [0, 0.1) is 12.3 Å². The average Bonchev–Trinajstić information content (AvgIpc) is 3.06. The molecule has 0 unspecified atom stereocenters. The van der Waals surface area contributed by atoms with Crippen LogP contribution < -0.4 is 4.74 Å². The van der Waals surface area contributed by atoms with Gasteiger partial charge < -0.3 is 4.74 Å². The molecule has 1 fully saturated rings. The molecule has 2 aromatic rings. The van der Waals surface area contributed by atoms with Crippen LogP contribution in [0.15, 0.2) is 41.3 Å². The van der Waals surface area contributed by atoms with Crippen molar-refractivity contribution in [2.75, 3.05) is 33.3 Å². The number of hydrogen-bond acceptors (Lipinski definition) is 5. The predicted octanol–water partition coefficient (Wildman–Crippen LogP) is 3.35. The first-order valence-corrected chi connectivity index (χ1v) is 11.6. The summed E-state index contributed by atoms with van der Waals surface area (Å²) in [5, 5.41) is 0. The Hall–Kier alpha value is -1.41. The van der Waals surface area contributed by atoms with Crippen LogP contribution in [-0.2, 0) is 16.6 Å². The average molecular weight is 407 g/mol. The smallest absolute Gasteiger partial charge is 0.246 e. The van der Waals surface area contributed by atoms with Crippen LogP contribution in [0.2, 0.25) is 0 Å². The van der Waals surface area contributed by atoms with Crippen LogP contribution in [0.1, 0.15) is 22.6 Å². The van der Waals surface area contributed by atoms with Gasteiger partial charge in [0.05, 0.1) is 6.61 Å². The molecule has 2 aliphatic rings. The normalized spacial score (nSPS) is 22.6. The summed E-state index contributed by atoms with van der Waals surface area (Å²) in [4.78, 5) is 5.48. The standard InChI is InChI=1S/C20H26N2O3S2/c1-16-7-8-17(26-16)13-22-11-9-20(10-12-22)14-21(2)27(23,24)19-6-4-3-5-18(19)25-15-20/h3-8H,9-15H2,1-2H3. The number of likely N-dealkylation sites (tertiary alicyclic amines) is 1. The van der Waals surface area contributed by atoms with E-state index in [0.29, 0.717) is 18.9 Å². The van der Waals surface area contributed by atoms with E-state index in [4.69, 9.17) is 4.74 Å². The molecule has 0 atom stereocenters. The number of benzene rings is 1. The molecule has 0 radical (unpaired) electrons. The molecule has 146 valence electrons. The summed E-state index contributed by atoms with van der Waals surface area (Å²) >= 11 is 1.85. The lowest BCUT2D eigenvalue weighted by molar-refractivity contribution is 0.0364. The maximum Gasteiger partial charge on any atom is 0.246 e. The SMILES string of the molecule is Cc1ccc(CN2CCC3(CC2)COc2ccccc2S(=O)(=O)N(C)C3)s1. The number of thiophene rings is 1. The van der Waals surface area contributed by atoms with Gasteiger partial charge in [0.15, 0.2) is 0 Å². The number of sulfonamides is 1. The Morgan fingerprint density at radius 2 is 1.89 bits per heavy atom. The van der Waals surface area contributed by atoms with Crippen molar-refractivity contribution in [3.05, 3.63) is 46.2 Å². The molecule has 27 heavy (non-hydrogen) atoms. The fourth-order valence-corrected chi connectivity index (χ4v) is 6.41. The first kappa shape index (κ1) is 18.9. The zero-order valence-corrected chi connectivity index (χ0v) is 17.5. The first-order chi connectivity index (χ1) is 12.9. The lowest BCUT2D eigenvalue weighted by Crippen LogP contribution is -2.50. The fourth-order valence-electron chi connectivity index (χ4n) is 4.06. The van der Waals surface area contributed by atoms with Crippen LogP contribution in [-0.4, -0.2) is 50.9 Å². The van der Waals surface area contributed by atoms with Gasteiger partial charge in [-0.1, -0.05) is 12.1 Å². The number of piperidine rings is 1. The lowest BCUT2D eigenvalue weighted by atomic mass is 9.79. The highest BCUT2D eigenvalue weighted by molar-refractivity contribution is 7.89. The van der Waals surface area contributed by atoms with E-state index in [1.54, 1.807) is 25.2 Å². The molecule has 4 rings (SSSR count). The molecule has 0 N–H and O–H groups in total. The van der Waals surface area contributed by atoms with Crippen molar-refractivity contribution in [1.82, 2.24) is 9.21 Å². The van der Waals surface area contributed by atoms with Gasteiger partial charge in [0.1, 0.15) is 10.6 Å². The third-order valence-corrected chi connectivity index (χ3v) is 8.55. The van der Waals surface area contributed by atoms with Crippen molar-refractivity contribution in [3.63, 3.8) is 0 Å². The van der Waals surface area contributed by atoms with Crippen LogP contribution in [0.3, 0.4) is 0 Å². The minimum absolute atomic E-state index is 0.128. The van der Waals surface area contributed by atoms with E-state index in [1.807, 2.05) is 17.4 Å². The fraction of sp³-hybridized carbons (Fsp3) is 0.500. The van der Waals surface area contributed by atoms with Gasteiger partial charge in [0, 0.05) is 35.3 Å². The lowest BCUT2D eigenvalue weighted by Gasteiger charge is -2.44. The van der Waals surface area contributed by atoms with Gasteiger partial charge in [-0.05, 0) is 57.1 Å². The van der Waals surface area contributed by atoms with E-state index >= 15 is 0 Å². The second-order valence-corrected chi connectivity index (χ2v) is 11.2. The van der Waals surface area contributed by atoms with Gasteiger partial charge in [0.2, 0.25) is 10.0 Å². The van der Waals surface area contributed by atoms with Crippen molar-refractivity contribution >= 4 is 21.4 Å². The Morgan fingerprint density at radius 1 is 1.15 bits per heavy atom. The van der Waals surface area contributed by atoms with E-state index in [2.05, 4.69) is 24.0 Å². The van der Waals surface area contributed by atoms with Crippen LogP contribution in [0.25, 0.3) is 0 Å². The molecule has 5 nitrogen and oxygen atoms in total.